The van der Waals surface area contributed by atoms with Crippen LogP contribution in [-0.2, 0) is 17.9 Å². The summed E-state index contributed by atoms with van der Waals surface area (Å²) in [7, 11) is 0. The number of benzene rings is 1. The van der Waals surface area contributed by atoms with E-state index in [0.717, 1.165) is 31.2 Å². The zero-order valence-corrected chi connectivity index (χ0v) is 11.8. The molecule has 0 bridgehead atoms. The number of piperidine rings is 1. The van der Waals surface area contributed by atoms with Crippen molar-refractivity contribution in [3.05, 3.63) is 35.4 Å². The molecule has 3 nitrogen and oxygen atoms in total. The Kier molecular flexibility index (Phi) is 5.83. The van der Waals surface area contributed by atoms with Crippen LogP contribution in [0.3, 0.4) is 0 Å². The number of nitrogens with zero attached hydrogens (tertiary/aromatic N) is 1. The van der Waals surface area contributed by atoms with Crippen LogP contribution < -0.4 is 0 Å². The van der Waals surface area contributed by atoms with Crippen molar-refractivity contribution in [2.45, 2.75) is 32.9 Å². The van der Waals surface area contributed by atoms with Crippen molar-refractivity contribution in [3.8, 4) is 0 Å². The highest BCUT2D eigenvalue weighted by molar-refractivity contribution is 5.21. The lowest BCUT2D eigenvalue weighted by Gasteiger charge is -2.31. The van der Waals surface area contributed by atoms with Crippen LogP contribution in [0.4, 0.5) is 0 Å². The van der Waals surface area contributed by atoms with Gasteiger partial charge in [0, 0.05) is 19.8 Å². The number of hydrogen-bond donors (Lipinski definition) is 1. The van der Waals surface area contributed by atoms with Crippen LogP contribution in [0.25, 0.3) is 0 Å². The Morgan fingerprint density at radius 1 is 1.16 bits per heavy atom. The third-order valence-electron chi connectivity index (χ3n) is 3.88. The van der Waals surface area contributed by atoms with E-state index in [1.54, 1.807) is 0 Å². The van der Waals surface area contributed by atoms with Crippen LogP contribution in [0, 0.1) is 5.92 Å². The van der Waals surface area contributed by atoms with Gasteiger partial charge in [0.25, 0.3) is 0 Å². The van der Waals surface area contributed by atoms with Crippen LogP contribution in [-0.4, -0.2) is 36.3 Å². The Balaban J connectivity index is 1.75. The summed E-state index contributed by atoms with van der Waals surface area (Å²) in [6.45, 7) is 7.30. The molecule has 19 heavy (non-hydrogen) atoms. The second-order valence-electron chi connectivity index (χ2n) is 5.35. The smallest absolute Gasteiger partial charge is 0.0681 e. The second-order valence-corrected chi connectivity index (χ2v) is 5.35. The Labute approximate surface area is 116 Å². The Hall–Kier alpha value is -0.900. The summed E-state index contributed by atoms with van der Waals surface area (Å²) in [6, 6.07) is 8.27. The molecule has 1 fully saturated rings. The summed E-state index contributed by atoms with van der Waals surface area (Å²) in [5.74, 6) is 0.743. The van der Waals surface area contributed by atoms with Gasteiger partial charge in [-0.1, -0.05) is 24.3 Å². The maximum absolute atomic E-state index is 9.03. The van der Waals surface area contributed by atoms with Crippen molar-refractivity contribution in [2.75, 3.05) is 26.3 Å². The molecule has 1 aliphatic rings. The molecule has 1 heterocycles. The third kappa shape index (κ3) is 4.60. The number of hydrogen-bond acceptors (Lipinski definition) is 3. The number of aliphatic hydroxyl groups excluding tert-OH is 1. The molecule has 0 unspecified atom stereocenters. The van der Waals surface area contributed by atoms with E-state index < -0.39 is 0 Å². The normalized spacial score (nSPS) is 17.8. The Bertz CT molecular complexity index is 356. The fourth-order valence-corrected chi connectivity index (χ4v) is 2.60. The number of rotatable bonds is 6. The van der Waals surface area contributed by atoms with E-state index in [-0.39, 0.29) is 6.61 Å². The van der Waals surface area contributed by atoms with Crippen LogP contribution in [0.5, 0.6) is 0 Å². The molecule has 1 aliphatic heterocycles. The number of aliphatic hydroxyl groups is 1. The van der Waals surface area contributed by atoms with Gasteiger partial charge in [-0.3, -0.25) is 4.90 Å². The molecular weight excluding hydrogens is 238 g/mol. The summed E-state index contributed by atoms with van der Waals surface area (Å²) in [6.07, 6.45) is 2.49. The van der Waals surface area contributed by atoms with Gasteiger partial charge in [-0.15, -0.1) is 0 Å². The number of likely N-dealkylation sites (tertiary alicyclic amines) is 1. The fourth-order valence-electron chi connectivity index (χ4n) is 2.60. The average molecular weight is 263 g/mol. The van der Waals surface area contributed by atoms with Crippen molar-refractivity contribution < 1.29 is 9.84 Å². The van der Waals surface area contributed by atoms with Gasteiger partial charge in [0.2, 0.25) is 0 Å². The molecule has 1 N–H and O–H groups in total. The topological polar surface area (TPSA) is 32.7 Å². The highest BCUT2D eigenvalue weighted by Gasteiger charge is 2.19. The van der Waals surface area contributed by atoms with Crippen LogP contribution >= 0.6 is 0 Å². The van der Waals surface area contributed by atoms with E-state index >= 15 is 0 Å². The van der Waals surface area contributed by atoms with Gasteiger partial charge in [0.05, 0.1) is 6.61 Å². The van der Waals surface area contributed by atoms with Gasteiger partial charge < -0.3 is 9.84 Å². The molecule has 0 radical (unpaired) electrons. The lowest BCUT2D eigenvalue weighted by Crippen LogP contribution is -2.34. The zero-order chi connectivity index (χ0) is 13.5. The van der Waals surface area contributed by atoms with Crippen molar-refractivity contribution in [2.24, 2.45) is 5.92 Å². The number of ether oxygens (including phenoxy) is 1. The third-order valence-corrected chi connectivity index (χ3v) is 3.88. The lowest BCUT2D eigenvalue weighted by atomic mass is 9.97. The Morgan fingerprint density at radius 2 is 1.79 bits per heavy atom. The second kappa shape index (κ2) is 7.63. The quantitative estimate of drug-likeness (QED) is 0.855. The highest BCUT2D eigenvalue weighted by atomic mass is 16.5. The summed E-state index contributed by atoms with van der Waals surface area (Å²) in [5.41, 5.74) is 2.32. The zero-order valence-electron chi connectivity index (χ0n) is 11.8. The SMILES string of the molecule is CCOCC1CCN(Cc2ccc(CO)cc2)CC1. The minimum atomic E-state index is 0.128. The summed E-state index contributed by atoms with van der Waals surface area (Å²) in [5, 5.41) is 9.03. The first-order valence-electron chi connectivity index (χ1n) is 7.30. The fraction of sp³-hybridized carbons (Fsp3) is 0.625. The van der Waals surface area contributed by atoms with Gasteiger partial charge >= 0.3 is 0 Å². The van der Waals surface area contributed by atoms with Crippen molar-refractivity contribution in [3.63, 3.8) is 0 Å². The summed E-state index contributed by atoms with van der Waals surface area (Å²) in [4.78, 5) is 2.51. The summed E-state index contributed by atoms with van der Waals surface area (Å²) >= 11 is 0. The van der Waals surface area contributed by atoms with E-state index in [1.807, 2.05) is 12.1 Å². The highest BCUT2D eigenvalue weighted by Crippen LogP contribution is 2.19. The van der Waals surface area contributed by atoms with Gasteiger partial charge in [0.1, 0.15) is 0 Å². The van der Waals surface area contributed by atoms with E-state index in [4.69, 9.17) is 9.84 Å². The first-order chi connectivity index (χ1) is 9.31. The maximum Gasteiger partial charge on any atom is 0.0681 e. The first-order valence-corrected chi connectivity index (χ1v) is 7.30. The summed E-state index contributed by atoms with van der Waals surface area (Å²) < 4.78 is 5.51. The van der Waals surface area contributed by atoms with E-state index in [9.17, 15) is 0 Å². The van der Waals surface area contributed by atoms with Gasteiger partial charge in [0.15, 0.2) is 0 Å². The lowest BCUT2D eigenvalue weighted by molar-refractivity contribution is 0.0723. The van der Waals surface area contributed by atoms with Crippen LogP contribution in [0.1, 0.15) is 30.9 Å². The standard InChI is InChI=1S/C16H25NO2/c1-2-19-13-16-7-9-17(10-8-16)11-14-3-5-15(12-18)6-4-14/h3-6,16,18H,2,7-13H2,1H3. The van der Waals surface area contributed by atoms with Crippen molar-refractivity contribution in [1.29, 1.82) is 0 Å². The van der Waals surface area contributed by atoms with E-state index in [0.29, 0.717) is 0 Å². The molecule has 0 amide bonds. The largest absolute Gasteiger partial charge is 0.392 e. The monoisotopic (exact) mass is 263 g/mol. The average Bonchev–Trinajstić information content (AvgIpc) is 2.47. The van der Waals surface area contributed by atoms with Gasteiger partial charge in [-0.25, -0.2) is 0 Å². The molecule has 2 rings (SSSR count). The predicted octanol–water partition coefficient (Wildman–Crippen LogP) is 2.43. The molecule has 0 atom stereocenters. The predicted molar refractivity (Wildman–Crippen MR) is 76.9 cm³/mol. The molecule has 106 valence electrons. The maximum atomic E-state index is 9.03. The molecule has 1 saturated heterocycles. The minimum Gasteiger partial charge on any atom is -0.392 e. The van der Waals surface area contributed by atoms with Crippen LogP contribution in [0.15, 0.2) is 24.3 Å². The van der Waals surface area contributed by atoms with E-state index in [1.165, 1.54) is 31.5 Å². The van der Waals surface area contributed by atoms with Crippen LogP contribution in [0.2, 0.25) is 0 Å². The van der Waals surface area contributed by atoms with E-state index in [2.05, 4.69) is 24.0 Å². The molecular formula is C16H25NO2. The minimum absolute atomic E-state index is 0.128. The molecule has 1 aromatic rings. The van der Waals surface area contributed by atoms with Gasteiger partial charge in [-0.2, -0.15) is 0 Å². The molecule has 0 aliphatic carbocycles. The molecule has 1 aromatic carbocycles. The van der Waals surface area contributed by atoms with Gasteiger partial charge in [-0.05, 0) is 49.9 Å². The molecule has 0 aromatic heterocycles. The molecule has 0 spiro atoms. The molecule has 3 heteroatoms. The first kappa shape index (κ1) is 14.5. The Morgan fingerprint density at radius 3 is 2.37 bits per heavy atom. The molecule has 0 saturated carbocycles. The van der Waals surface area contributed by atoms with Crippen molar-refractivity contribution in [1.82, 2.24) is 4.90 Å². The van der Waals surface area contributed by atoms with Crippen molar-refractivity contribution >= 4 is 0 Å².